The molecule has 0 heterocycles. The predicted molar refractivity (Wildman–Crippen MR) is 74.2 cm³/mol. The number of nitrogens with zero attached hydrogens (tertiary/aromatic N) is 1. The summed E-state index contributed by atoms with van der Waals surface area (Å²) in [5.41, 5.74) is -2.39. The van der Waals surface area contributed by atoms with Crippen LogP contribution in [0.15, 0.2) is 12.3 Å². The maximum absolute atomic E-state index is 11.4. The van der Waals surface area contributed by atoms with Gasteiger partial charge in [0.15, 0.2) is 5.44 Å². The maximum atomic E-state index is 11.4. The van der Waals surface area contributed by atoms with Crippen LogP contribution in [-0.4, -0.2) is 36.9 Å². The Morgan fingerprint density at radius 1 is 1.22 bits per heavy atom. The number of nitrogens with two attached hydrogens (primary N) is 1. The number of hydrogen-bond donors (Lipinski definition) is 2. The number of hydrogen-bond acceptors (Lipinski definition) is 4. The third kappa shape index (κ3) is 4.26. The summed E-state index contributed by atoms with van der Waals surface area (Å²) in [5, 5.41) is 15.0. The van der Waals surface area contributed by atoms with Crippen molar-refractivity contribution in [1.29, 1.82) is 0 Å². The van der Waals surface area contributed by atoms with E-state index in [9.17, 15) is 13.5 Å². The molecule has 0 aromatic rings. The summed E-state index contributed by atoms with van der Waals surface area (Å²) < 4.78 is 22.7. The SMILES string of the molecule is CCN(C=CC(CC)(CC)C(O)S(N)(=O)=O)CC. The lowest BCUT2D eigenvalue weighted by Gasteiger charge is -2.32. The highest BCUT2D eigenvalue weighted by Crippen LogP contribution is 2.34. The molecule has 18 heavy (non-hydrogen) atoms. The lowest BCUT2D eigenvalue weighted by molar-refractivity contribution is 0.116. The first kappa shape index (κ1) is 17.4. The van der Waals surface area contributed by atoms with E-state index < -0.39 is 20.9 Å². The monoisotopic (exact) mass is 278 g/mol. The fraction of sp³-hybridized carbons (Fsp3) is 0.833. The Labute approximate surface area is 111 Å². The molecule has 0 radical (unpaired) electrons. The van der Waals surface area contributed by atoms with Crippen molar-refractivity contribution in [2.24, 2.45) is 10.6 Å². The van der Waals surface area contributed by atoms with Crippen molar-refractivity contribution in [3.8, 4) is 0 Å². The molecule has 0 fully saturated rings. The fourth-order valence-corrected chi connectivity index (χ4v) is 3.00. The first-order valence-corrected chi connectivity index (χ1v) is 8.01. The second-order valence-corrected chi connectivity index (χ2v) is 6.04. The average molecular weight is 278 g/mol. The highest BCUT2D eigenvalue weighted by atomic mass is 32.2. The van der Waals surface area contributed by atoms with Crippen molar-refractivity contribution in [1.82, 2.24) is 4.90 Å². The summed E-state index contributed by atoms with van der Waals surface area (Å²) >= 11 is 0. The van der Waals surface area contributed by atoms with E-state index in [1.165, 1.54) is 0 Å². The van der Waals surface area contributed by atoms with Gasteiger partial charge >= 0.3 is 0 Å². The molecule has 3 N–H and O–H groups in total. The largest absolute Gasteiger partial charge is 0.378 e. The molecule has 0 spiro atoms. The van der Waals surface area contributed by atoms with E-state index in [1.807, 2.05) is 38.8 Å². The molecule has 0 saturated carbocycles. The molecule has 5 nitrogen and oxygen atoms in total. The van der Waals surface area contributed by atoms with Gasteiger partial charge in [-0.3, -0.25) is 0 Å². The Hall–Kier alpha value is -0.590. The molecule has 6 heteroatoms. The van der Waals surface area contributed by atoms with Crippen molar-refractivity contribution >= 4 is 10.0 Å². The minimum Gasteiger partial charge on any atom is -0.378 e. The topological polar surface area (TPSA) is 83.6 Å². The van der Waals surface area contributed by atoms with Gasteiger partial charge in [0.25, 0.3) is 0 Å². The molecule has 0 aliphatic heterocycles. The number of aliphatic hydroxyl groups is 1. The molecular formula is C12H26N2O3S. The number of rotatable bonds is 8. The van der Waals surface area contributed by atoms with Gasteiger partial charge in [-0.05, 0) is 32.9 Å². The summed E-state index contributed by atoms with van der Waals surface area (Å²) in [6.45, 7) is 9.41. The zero-order valence-electron chi connectivity index (χ0n) is 11.8. The molecule has 0 aromatic carbocycles. The molecule has 1 atom stereocenters. The minimum absolute atomic E-state index is 0.513. The summed E-state index contributed by atoms with van der Waals surface area (Å²) in [6.07, 6.45) is 4.65. The van der Waals surface area contributed by atoms with Crippen LogP contribution in [0.1, 0.15) is 40.5 Å². The smallest absolute Gasteiger partial charge is 0.236 e. The zero-order valence-corrected chi connectivity index (χ0v) is 12.6. The van der Waals surface area contributed by atoms with Crippen molar-refractivity contribution in [3.05, 3.63) is 12.3 Å². The molecule has 0 rings (SSSR count). The lowest BCUT2D eigenvalue weighted by Crippen LogP contribution is -2.42. The van der Waals surface area contributed by atoms with Crippen LogP contribution < -0.4 is 5.14 Å². The van der Waals surface area contributed by atoms with E-state index in [1.54, 1.807) is 6.08 Å². The van der Waals surface area contributed by atoms with E-state index in [0.29, 0.717) is 12.8 Å². The molecule has 0 aliphatic carbocycles. The first-order valence-electron chi connectivity index (χ1n) is 6.40. The Balaban J connectivity index is 5.28. The average Bonchev–Trinajstić information content (AvgIpc) is 2.34. The minimum atomic E-state index is -3.96. The van der Waals surface area contributed by atoms with Gasteiger partial charge in [-0.1, -0.05) is 19.9 Å². The van der Waals surface area contributed by atoms with Crippen LogP contribution in [0, 0.1) is 5.41 Å². The third-order valence-electron chi connectivity index (χ3n) is 3.55. The summed E-state index contributed by atoms with van der Waals surface area (Å²) in [5.74, 6) is 0. The number of primary sulfonamides is 1. The summed E-state index contributed by atoms with van der Waals surface area (Å²) in [7, 11) is -3.96. The van der Waals surface area contributed by atoms with Gasteiger partial charge in [0, 0.05) is 18.5 Å². The van der Waals surface area contributed by atoms with E-state index >= 15 is 0 Å². The molecule has 0 bridgehead atoms. The highest BCUT2D eigenvalue weighted by molar-refractivity contribution is 7.89. The lowest BCUT2D eigenvalue weighted by atomic mass is 9.83. The molecular weight excluding hydrogens is 252 g/mol. The summed E-state index contributed by atoms with van der Waals surface area (Å²) in [6, 6.07) is 0. The van der Waals surface area contributed by atoms with Crippen LogP contribution in [0.4, 0.5) is 0 Å². The van der Waals surface area contributed by atoms with Gasteiger partial charge in [0.2, 0.25) is 10.0 Å². The van der Waals surface area contributed by atoms with Gasteiger partial charge in [0.05, 0.1) is 0 Å². The zero-order chi connectivity index (χ0) is 14.4. The van der Waals surface area contributed by atoms with Crippen LogP contribution in [0.5, 0.6) is 0 Å². The van der Waals surface area contributed by atoms with Crippen molar-refractivity contribution in [2.75, 3.05) is 13.1 Å². The summed E-state index contributed by atoms with van der Waals surface area (Å²) in [4.78, 5) is 2.04. The van der Waals surface area contributed by atoms with Crippen LogP contribution in [0.2, 0.25) is 0 Å². The maximum Gasteiger partial charge on any atom is 0.236 e. The van der Waals surface area contributed by atoms with Gasteiger partial charge < -0.3 is 10.0 Å². The van der Waals surface area contributed by atoms with Crippen molar-refractivity contribution in [3.63, 3.8) is 0 Å². The standard InChI is InChI=1S/C12H26N2O3S/c1-5-12(6-2,11(15)18(13,16)17)9-10-14(7-3)8-4/h9-11,15H,5-8H2,1-4H3,(H2,13,16,17). The van der Waals surface area contributed by atoms with Crippen LogP contribution >= 0.6 is 0 Å². The quantitative estimate of drug-likeness (QED) is 0.700. The van der Waals surface area contributed by atoms with E-state index in [4.69, 9.17) is 5.14 Å². The molecule has 1 unspecified atom stereocenters. The molecule has 108 valence electrons. The number of sulfonamides is 1. The molecule has 0 amide bonds. The van der Waals surface area contributed by atoms with Crippen LogP contribution in [0.3, 0.4) is 0 Å². The molecule has 0 aliphatic rings. The first-order chi connectivity index (χ1) is 8.27. The second kappa shape index (κ2) is 7.11. The molecule has 0 saturated heterocycles. The van der Waals surface area contributed by atoms with Crippen molar-refractivity contribution < 1.29 is 13.5 Å². The predicted octanol–water partition coefficient (Wildman–Crippen LogP) is 1.26. The van der Waals surface area contributed by atoms with Gasteiger partial charge in [-0.2, -0.15) is 0 Å². The third-order valence-corrected chi connectivity index (χ3v) is 4.64. The highest BCUT2D eigenvalue weighted by Gasteiger charge is 2.39. The van der Waals surface area contributed by atoms with Gasteiger partial charge in [0.1, 0.15) is 0 Å². The van der Waals surface area contributed by atoms with E-state index in [2.05, 4.69) is 0 Å². The number of aliphatic hydroxyl groups excluding tert-OH is 1. The Bertz CT molecular complexity index is 358. The Kier molecular flexibility index (Phi) is 6.88. The van der Waals surface area contributed by atoms with E-state index in [0.717, 1.165) is 13.1 Å². The Morgan fingerprint density at radius 3 is 1.94 bits per heavy atom. The molecule has 0 aromatic heterocycles. The fourth-order valence-electron chi connectivity index (χ4n) is 1.93. The van der Waals surface area contributed by atoms with Crippen LogP contribution in [-0.2, 0) is 10.0 Å². The van der Waals surface area contributed by atoms with E-state index in [-0.39, 0.29) is 0 Å². The van der Waals surface area contributed by atoms with Crippen LogP contribution in [0.25, 0.3) is 0 Å². The van der Waals surface area contributed by atoms with Gasteiger partial charge in [-0.25, -0.2) is 13.6 Å². The van der Waals surface area contributed by atoms with Crippen molar-refractivity contribution in [2.45, 2.75) is 46.0 Å². The normalized spacial score (nSPS) is 15.0. The Morgan fingerprint density at radius 2 is 1.67 bits per heavy atom. The second-order valence-electron chi connectivity index (χ2n) is 4.42. The van der Waals surface area contributed by atoms with Gasteiger partial charge in [-0.15, -0.1) is 0 Å².